The van der Waals surface area contributed by atoms with Crippen LogP contribution in [0.3, 0.4) is 0 Å². The zero-order valence-corrected chi connectivity index (χ0v) is 12.1. The van der Waals surface area contributed by atoms with Crippen LogP contribution < -0.4 is 0 Å². The molecule has 1 rings (SSSR count). The molecular weight excluding hydrogens is 344 g/mol. The highest BCUT2D eigenvalue weighted by Crippen LogP contribution is 2.23. The van der Waals surface area contributed by atoms with Crippen molar-refractivity contribution < 1.29 is 13.2 Å². The average molecular weight is 360 g/mol. The van der Waals surface area contributed by atoms with E-state index in [2.05, 4.69) is 27.7 Å². The molecule has 0 radical (unpaired) electrons. The number of aromatic nitrogens is 2. The van der Waals surface area contributed by atoms with Crippen LogP contribution in [0.4, 0.5) is 13.2 Å². The van der Waals surface area contributed by atoms with Crippen LogP contribution in [0.5, 0.6) is 0 Å². The van der Waals surface area contributed by atoms with Gasteiger partial charge in [-0.2, -0.15) is 18.3 Å². The molecule has 0 unspecified atom stereocenters. The van der Waals surface area contributed by atoms with E-state index >= 15 is 0 Å². The molecule has 0 saturated carbocycles. The Morgan fingerprint density at radius 1 is 1.24 bits per heavy atom. The summed E-state index contributed by atoms with van der Waals surface area (Å²) >= 11 is 2.22. The van der Waals surface area contributed by atoms with Crippen molar-refractivity contribution in [3.8, 4) is 0 Å². The Bertz CT molecular complexity index is 372. The highest BCUT2D eigenvalue weighted by molar-refractivity contribution is 14.1. The van der Waals surface area contributed by atoms with Gasteiger partial charge >= 0.3 is 6.18 Å². The summed E-state index contributed by atoms with van der Waals surface area (Å²) in [7, 11) is 0. The molecule has 0 aliphatic carbocycles. The van der Waals surface area contributed by atoms with Crippen molar-refractivity contribution in [2.45, 2.75) is 52.3 Å². The largest absolute Gasteiger partial charge is 0.389 e. The van der Waals surface area contributed by atoms with E-state index in [4.69, 9.17) is 0 Å². The van der Waals surface area contributed by atoms with Crippen LogP contribution in [0, 0.1) is 3.57 Å². The summed E-state index contributed by atoms with van der Waals surface area (Å²) in [4.78, 5) is 0. The van der Waals surface area contributed by atoms with E-state index < -0.39 is 12.6 Å². The lowest BCUT2D eigenvalue weighted by molar-refractivity contribution is -0.136. The lowest BCUT2D eigenvalue weighted by atomic mass is 10.2. The molecule has 17 heavy (non-hydrogen) atoms. The van der Waals surface area contributed by atoms with Crippen LogP contribution in [-0.2, 0) is 19.4 Å². The Morgan fingerprint density at radius 3 is 2.35 bits per heavy atom. The first-order valence-electron chi connectivity index (χ1n) is 5.69. The maximum atomic E-state index is 12.1. The van der Waals surface area contributed by atoms with Crippen LogP contribution in [-0.4, -0.2) is 16.0 Å². The third-order valence-corrected chi connectivity index (χ3v) is 3.80. The first-order chi connectivity index (χ1) is 7.89. The maximum Gasteiger partial charge on any atom is 0.389 e. The standard InChI is InChI=1S/C11H16F3IN2/c1-3-8-10(15)9(4-2)17(16-8)7-5-6-11(12,13)14/h3-7H2,1-2H3. The van der Waals surface area contributed by atoms with Crippen LogP contribution >= 0.6 is 22.6 Å². The normalized spacial score (nSPS) is 12.1. The van der Waals surface area contributed by atoms with Gasteiger partial charge in [0.1, 0.15) is 0 Å². The number of alkyl halides is 3. The van der Waals surface area contributed by atoms with Crippen LogP contribution in [0.1, 0.15) is 38.1 Å². The molecule has 0 bridgehead atoms. The molecule has 0 saturated heterocycles. The van der Waals surface area contributed by atoms with Gasteiger partial charge in [0, 0.05) is 13.0 Å². The quantitative estimate of drug-likeness (QED) is 0.727. The lowest BCUT2D eigenvalue weighted by Gasteiger charge is -2.08. The van der Waals surface area contributed by atoms with E-state index in [1.54, 1.807) is 4.68 Å². The lowest BCUT2D eigenvalue weighted by Crippen LogP contribution is -2.11. The minimum Gasteiger partial charge on any atom is -0.268 e. The van der Waals surface area contributed by atoms with Crippen LogP contribution in [0.2, 0.25) is 0 Å². The van der Waals surface area contributed by atoms with E-state index in [1.165, 1.54) is 0 Å². The number of hydrogen-bond donors (Lipinski definition) is 0. The van der Waals surface area contributed by atoms with Gasteiger partial charge in [0.15, 0.2) is 0 Å². The molecule has 0 aromatic carbocycles. The third-order valence-electron chi connectivity index (χ3n) is 2.56. The summed E-state index contributed by atoms with van der Waals surface area (Å²) in [5, 5.41) is 4.36. The third kappa shape index (κ3) is 4.15. The molecule has 0 atom stereocenters. The number of halogens is 4. The smallest absolute Gasteiger partial charge is 0.268 e. The Balaban J connectivity index is 2.70. The first kappa shape index (κ1) is 14.8. The van der Waals surface area contributed by atoms with E-state index in [-0.39, 0.29) is 6.42 Å². The van der Waals surface area contributed by atoms with Gasteiger partial charge in [-0.15, -0.1) is 0 Å². The monoisotopic (exact) mass is 360 g/mol. The van der Waals surface area contributed by atoms with E-state index in [1.807, 2.05) is 13.8 Å². The van der Waals surface area contributed by atoms with Crippen molar-refractivity contribution >= 4 is 22.6 Å². The molecular formula is C11H16F3IN2. The summed E-state index contributed by atoms with van der Waals surface area (Å²) in [5.74, 6) is 0. The van der Waals surface area contributed by atoms with Gasteiger partial charge in [-0.25, -0.2) is 0 Å². The summed E-state index contributed by atoms with van der Waals surface area (Å²) in [5.41, 5.74) is 2.03. The van der Waals surface area contributed by atoms with Gasteiger partial charge in [0.2, 0.25) is 0 Å². The van der Waals surface area contributed by atoms with Gasteiger partial charge in [-0.3, -0.25) is 4.68 Å². The SMILES string of the molecule is CCc1nn(CCCC(F)(F)F)c(CC)c1I. The molecule has 0 amide bonds. The van der Waals surface area contributed by atoms with Crippen molar-refractivity contribution in [2.24, 2.45) is 0 Å². The number of nitrogens with zero attached hydrogens (tertiary/aromatic N) is 2. The van der Waals surface area contributed by atoms with Crippen molar-refractivity contribution in [1.82, 2.24) is 9.78 Å². The van der Waals surface area contributed by atoms with E-state index in [0.29, 0.717) is 6.54 Å². The molecule has 1 heterocycles. The topological polar surface area (TPSA) is 17.8 Å². The molecule has 0 fully saturated rings. The summed E-state index contributed by atoms with van der Waals surface area (Å²) in [6, 6.07) is 0. The Hall–Kier alpha value is -0.270. The molecule has 0 aliphatic heterocycles. The summed E-state index contributed by atoms with van der Waals surface area (Å²) < 4.78 is 39.0. The molecule has 0 aliphatic rings. The maximum absolute atomic E-state index is 12.1. The highest BCUT2D eigenvalue weighted by atomic mass is 127. The fourth-order valence-corrected chi connectivity index (χ4v) is 2.86. The van der Waals surface area contributed by atoms with Crippen LogP contribution in [0.15, 0.2) is 0 Å². The minimum atomic E-state index is -4.07. The predicted molar refractivity (Wildman–Crippen MR) is 69.0 cm³/mol. The van der Waals surface area contributed by atoms with Crippen molar-refractivity contribution in [1.29, 1.82) is 0 Å². The summed E-state index contributed by atoms with van der Waals surface area (Å²) in [6.07, 6.45) is -3.10. The Labute approximate surface area is 113 Å². The summed E-state index contributed by atoms with van der Waals surface area (Å²) in [6.45, 7) is 4.35. The van der Waals surface area contributed by atoms with Gasteiger partial charge in [-0.05, 0) is 41.9 Å². The Kier molecular flexibility index (Phi) is 5.27. The molecule has 6 heteroatoms. The van der Waals surface area contributed by atoms with E-state index in [0.717, 1.165) is 27.8 Å². The van der Waals surface area contributed by atoms with Gasteiger partial charge in [-0.1, -0.05) is 13.8 Å². The van der Waals surface area contributed by atoms with Crippen molar-refractivity contribution in [3.05, 3.63) is 15.0 Å². The zero-order chi connectivity index (χ0) is 13.1. The van der Waals surface area contributed by atoms with Gasteiger partial charge in [0.05, 0.1) is 15.0 Å². The number of aryl methyl sites for hydroxylation is 2. The first-order valence-corrected chi connectivity index (χ1v) is 6.77. The van der Waals surface area contributed by atoms with E-state index in [9.17, 15) is 13.2 Å². The molecule has 0 spiro atoms. The predicted octanol–water partition coefficient (Wildman–Crippen LogP) is 3.96. The second kappa shape index (κ2) is 6.06. The van der Waals surface area contributed by atoms with Gasteiger partial charge in [0.25, 0.3) is 0 Å². The average Bonchev–Trinajstić information content (AvgIpc) is 2.53. The number of rotatable bonds is 5. The van der Waals surface area contributed by atoms with Gasteiger partial charge < -0.3 is 0 Å². The second-order valence-electron chi connectivity index (χ2n) is 3.86. The molecule has 1 aromatic heterocycles. The minimum absolute atomic E-state index is 0.0947. The van der Waals surface area contributed by atoms with Crippen LogP contribution in [0.25, 0.3) is 0 Å². The highest BCUT2D eigenvalue weighted by Gasteiger charge is 2.26. The fourth-order valence-electron chi connectivity index (χ4n) is 1.71. The molecule has 0 N–H and O–H groups in total. The Morgan fingerprint density at radius 2 is 1.88 bits per heavy atom. The second-order valence-corrected chi connectivity index (χ2v) is 4.94. The fraction of sp³-hybridized carbons (Fsp3) is 0.727. The number of hydrogen-bond acceptors (Lipinski definition) is 1. The van der Waals surface area contributed by atoms with Crippen molar-refractivity contribution in [3.63, 3.8) is 0 Å². The molecule has 1 aromatic rings. The van der Waals surface area contributed by atoms with Crippen molar-refractivity contribution in [2.75, 3.05) is 0 Å². The zero-order valence-electron chi connectivity index (χ0n) is 9.94. The molecule has 2 nitrogen and oxygen atoms in total. The molecule has 98 valence electrons.